The highest BCUT2D eigenvalue weighted by Crippen LogP contribution is 2.44. The van der Waals surface area contributed by atoms with Gasteiger partial charge in [-0.25, -0.2) is 0 Å². The summed E-state index contributed by atoms with van der Waals surface area (Å²) < 4.78 is 9.86. The van der Waals surface area contributed by atoms with E-state index in [1.165, 1.54) is 26.5 Å². The molecule has 0 unspecified atom stereocenters. The topological polar surface area (TPSA) is 16.4 Å². The highest BCUT2D eigenvalue weighted by molar-refractivity contribution is 7.18. The zero-order chi connectivity index (χ0) is 22.1. The molecule has 0 fully saturated rings. The third-order valence-corrected chi connectivity index (χ3v) is 7.24. The molecule has 1 aliphatic heterocycles. The van der Waals surface area contributed by atoms with Crippen LogP contribution in [0.15, 0.2) is 78.9 Å². The smallest absolute Gasteiger partial charge is 0.262 e. The average molecular weight is 440 g/mol. The second-order valence-electron chi connectivity index (χ2n) is 7.86. The Bertz CT molecular complexity index is 1340. The summed E-state index contributed by atoms with van der Waals surface area (Å²) in [7, 11) is 2.12. The number of para-hydroxylation sites is 2. The Kier molecular flexibility index (Phi) is 5.54. The van der Waals surface area contributed by atoms with E-state index < -0.39 is 0 Å². The second kappa shape index (κ2) is 8.64. The van der Waals surface area contributed by atoms with Crippen molar-refractivity contribution < 1.29 is 9.30 Å². The van der Waals surface area contributed by atoms with Crippen LogP contribution in [0.5, 0.6) is 11.5 Å². The predicted octanol–water partition coefficient (Wildman–Crippen LogP) is 6.82. The lowest BCUT2D eigenvalue weighted by Gasteiger charge is -2.26. The second-order valence-corrected chi connectivity index (χ2v) is 8.92. The molecule has 0 spiro atoms. The van der Waals surface area contributed by atoms with Crippen molar-refractivity contribution in [1.29, 1.82) is 0 Å². The normalized spacial score (nSPS) is 13.9. The molecule has 2 heterocycles. The van der Waals surface area contributed by atoms with Crippen LogP contribution in [-0.2, 0) is 7.05 Å². The number of ether oxygens (including phenoxy) is 1. The maximum absolute atomic E-state index is 6.32. The quantitative estimate of drug-likeness (QED) is 0.279. The van der Waals surface area contributed by atoms with E-state index in [4.69, 9.17) is 4.74 Å². The lowest BCUT2D eigenvalue weighted by Crippen LogP contribution is -2.28. The molecular formula is C28H27N2OS+. The summed E-state index contributed by atoms with van der Waals surface area (Å²) in [6, 6.07) is 23.4. The van der Waals surface area contributed by atoms with Crippen LogP contribution < -0.4 is 14.2 Å². The van der Waals surface area contributed by atoms with Crippen molar-refractivity contribution in [2.75, 3.05) is 18.0 Å². The molecule has 4 heteroatoms. The molecular weight excluding hydrogens is 412 g/mol. The van der Waals surface area contributed by atoms with Crippen LogP contribution in [0.2, 0.25) is 0 Å². The van der Waals surface area contributed by atoms with Crippen LogP contribution in [-0.4, -0.2) is 13.1 Å². The highest BCUT2D eigenvalue weighted by atomic mass is 32.1. The van der Waals surface area contributed by atoms with Crippen molar-refractivity contribution in [1.82, 2.24) is 0 Å². The molecule has 0 amide bonds. The third kappa shape index (κ3) is 3.61. The Morgan fingerprint density at radius 3 is 2.47 bits per heavy atom. The van der Waals surface area contributed by atoms with E-state index in [0.29, 0.717) is 0 Å². The summed E-state index contributed by atoms with van der Waals surface area (Å²) in [6.07, 6.45) is 6.56. The monoisotopic (exact) mass is 439 g/mol. The van der Waals surface area contributed by atoms with Gasteiger partial charge < -0.3 is 9.64 Å². The number of benzene rings is 3. The number of hydrogen-bond donors (Lipinski definition) is 0. The van der Waals surface area contributed by atoms with Crippen molar-refractivity contribution in [2.45, 2.75) is 13.8 Å². The van der Waals surface area contributed by atoms with Gasteiger partial charge in [0.2, 0.25) is 5.52 Å². The summed E-state index contributed by atoms with van der Waals surface area (Å²) >= 11 is 1.81. The molecule has 0 atom stereocenters. The van der Waals surface area contributed by atoms with Gasteiger partial charge in [0.25, 0.3) is 5.01 Å². The lowest BCUT2D eigenvalue weighted by molar-refractivity contribution is -0.642. The number of thiazole rings is 1. The fraction of sp³-hybridized carbons (Fsp3) is 0.179. The van der Waals surface area contributed by atoms with E-state index in [1.54, 1.807) is 0 Å². The maximum atomic E-state index is 6.32. The van der Waals surface area contributed by atoms with E-state index in [2.05, 4.69) is 103 Å². The van der Waals surface area contributed by atoms with Gasteiger partial charge in [0.15, 0.2) is 0 Å². The Morgan fingerprint density at radius 1 is 0.906 bits per heavy atom. The number of hydrogen-bond acceptors (Lipinski definition) is 3. The van der Waals surface area contributed by atoms with Gasteiger partial charge in [0.05, 0.1) is 0 Å². The van der Waals surface area contributed by atoms with Gasteiger partial charge in [-0.15, -0.1) is 0 Å². The molecule has 3 aromatic carbocycles. The lowest BCUT2D eigenvalue weighted by atomic mass is 9.93. The summed E-state index contributed by atoms with van der Waals surface area (Å²) in [4.78, 5) is 2.34. The first kappa shape index (κ1) is 20.5. The number of fused-ring (bicyclic) bond motifs is 3. The van der Waals surface area contributed by atoms with E-state index in [0.717, 1.165) is 35.7 Å². The number of rotatable bonds is 5. The number of aromatic nitrogens is 1. The maximum Gasteiger partial charge on any atom is 0.262 e. The average Bonchev–Trinajstić information content (AvgIpc) is 3.15. The molecule has 1 aromatic heterocycles. The Morgan fingerprint density at radius 2 is 1.66 bits per heavy atom. The molecule has 5 rings (SSSR count). The van der Waals surface area contributed by atoms with E-state index in [9.17, 15) is 0 Å². The fourth-order valence-corrected chi connectivity index (χ4v) is 5.38. The number of nitrogens with zero attached hydrogens (tertiary/aromatic N) is 2. The first-order chi connectivity index (χ1) is 15.7. The number of aryl methyl sites for hydroxylation is 1. The summed E-state index contributed by atoms with van der Waals surface area (Å²) in [6.45, 7) is 6.32. The van der Waals surface area contributed by atoms with Crippen LogP contribution in [0, 0.1) is 0 Å². The number of anilines is 1. The van der Waals surface area contributed by atoms with Gasteiger partial charge in [-0.05, 0) is 43.7 Å². The van der Waals surface area contributed by atoms with Gasteiger partial charge in [0.1, 0.15) is 23.2 Å². The molecule has 4 aromatic rings. The van der Waals surface area contributed by atoms with Crippen molar-refractivity contribution in [3.63, 3.8) is 0 Å². The molecule has 3 nitrogen and oxygen atoms in total. The molecule has 0 saturated carbocycles. The van der Waals surface area contributed by atoms with Crippen LogP contribution in [0.1, 0.15) is 30.0 Å². The molecule has 32 heavy (non-hydrogen) atoms. The van der Waals surface area contributed by atoms with Crippen LogP contribution >= 0.6 is 11.3 Å². The minimum Gasteiger partial charge on any atom is -0.456 e. The van der Waals surface area contributed by atoms with Crippen molar-refractivity contribution in [3.05, 3.63) is 95.0 Å². The molecule has 0 bridgehead atoms. The largest absolute Gasteiger partial charge is 0.456 e. The van der Waals surface area contributed by atoms with Crippen LogP contribution in [0.3, 0.4) is 0 Å². The third-order valence-electron chi connectivity index (χ3n) is 6.05. The Labute approximate surface area is 193 Å². The van der Waals surface area contributed by atoms with Gasteiger partial charge in [-0.3, -0.25) is 0 Å². The summed E-state index contributed by atoms with van der Waals surface area (Å²) in [5, 5.41) is 1.22. The first-order valence-corrected chi connectivity index (χ1v) is 11.9. The SMILES string of the molecule is CCN(CC)c1ccc2c(c1)Oc1ccccc1/C2=C\C=C\c1sc2ccccc2[n+]1C. The summed E-state index contributed by atoms with van der Waals surface area (Å²) in [5.41, 5.74) is 5.90. The molecule has 1 aliphatic rings. The molecule has 0 N–H and O–H groups in total. The van der Waals surface area contributed by atoms with Crippen LogP contribution in [0.4, 0.5) is 5.69 Å². The van der Waals surface area contributed by atoms with E-state index in [1.807, 2.05) is 23.5 Å². The number of allylic oxidation sites excluding steroid dienone is 2. The Balaban J connectivity index is 1.56. The van der Waals surface area contributed by atoms with Gasteiger partial charge in [-0.2, -0.15) is 4.57 Å². The first-order valence-electron chi connectivity index (χ1n) is 11.1. The molecule has 0 aliphatic carbocycles. The van der Waals surface area contributed by atoms with Gasteiger partial charge >= 0.3 is 0 Å². The molecule has 0 radical (unpaired) electrons. The van der Waals surface area contributed by atoms with Crippen molar-refractivity contribution >= 4 is 38.9 Å². The van der Waals surface area contributed by atoms with Gasteiger partial charge in [-0.1, -0.05) is 53.8 Å². The van der Waals surface area contributed by atoms with Crippen molar-refractivity contribution in [3.8, 4) is 11.5 Å². The van der Waals surface area contributed by atoms with E-state index >= 15 is 0 Å². The minimum absolute atomic E-state index is 0.906. The minimum atomic E-state index is 0.906. The van der Waals surface area contributed by atoms with E-state index in [-0.39, 0.29) is 0 Å². The molecule has 0 saturated heterocycles. The predicted molar refractivity (Wildman–Crippen MR) is 136 cm³/mol. The summed E-state index contributed by atoms with van der Waals surface area (Å²) in [5.74, 6) is 1.82. The fourth-order valence-electron chi connectivity index (χ4n) is 4.32. The zero-order valence-corrected chi connectivity index (χ0v) is 19.5. The standard InChI is InChI=1S/C28H27N2OS/c1-4-30(5-2)20-17-18-23-21(22-11-6-8-14-25(22)31-26(23)19-20)12-10-16-28-29(3)24-13-7-9-15-27(24)32-28/h6-19H,4-5H2,1-3H3/q+1. The molecule has 160 valence electrons. The van der Waals surface area contributed by atoms with Gasteiger partial charge in [0, 0.05) is 48.1 Å². The van der Waals surface area contributed by atoms with Crippen LogP contribution in [0.25, 0.3) is 21.9 Å². The van der Waals surface area contributed by atoms with Crippen molar-refractivity contribution in [2.24, 2.45) is 7.05 Å². The highest BCUT2D eigenvalue weighted by Gasteiger charge is 2.22. The zero-order valence-electron chi connectivity index (χ0n) is 18.7. The Hall–Kier alpha value is -3.37.